The molecule has 19 heavy (non-hydrogen) atoms. The second-order valence-electron chi connectivity index (χ2n) is 4.44. The van der Waals surface area contributed by atoms with Crippen LogP contribution >= 0.6 is 27.5 Å². The number of H-pyrrole nitrogens is 1. The number of halogens is 2. The van der Waals surface area contributed by atoms with E-state index in [4.69, 9.17) is 17.3 Å². The number of fused-ring (bicyclic) bond motifs is 1. The minimum Gasteiger partial charge on any atom is -0.397 e. The molecule has 3 rings (SSSR count). The van der Waals surface area contributed by atoms with Gasteiger partial charge in [0.1, 0.15) is 11.3 Å². The Hall–Kier alpha value is -1.52. The predicted octanol–water partition coefficient (Wildman–Crippen LogP) is 4.54. The zero-order valence-electron chi connectivity index (χ0n) is 10.2. The summed E-state index contributed by atoms with van der Waals surface area (Å²) in [6.45, 7) is 2.01. The smallest absolute Gasteiger partial charge is 0.138 e. The summed E-state index contributed by atoms with van der Waals surface area (Å²) in [6.07, 6.45) is 0. The van der Waals surface area contributed by atoms with E-state index in [1.807, 2.05) is 37.3 Å². The molecule has 0 radical (unpaired) electrons. The lowest BCUT2D eigenvalue weighted by atomic mass is 10.1. The lowest BCUT2D eigenvalue weighted by Gasteiger charge is -2.02. The van der Waals surface area contributed by atoms with Crippen molar-refractivity contribution in [2.24, 2.45) is 0 Å². The molecule has 0 saturated carbocycles. The van der Waals surface area contributed by atoms with Gasteiger partial charge in [0.2, 0.25) is 0 Å². The number of anilines is 1. The Kier molecular flexibility index (Phi) is 2.99. The molecule has 0 aliphatic rings. The molecule has 0 aliphatic heterocycles. The van der Waals surface area contributed by atoms with Crippen LogP contribution in [0.5, 0.6) is 0 Å². The van der Waals surface area contributed by atoms with Crippen LogP contribution in [0.4, 0.5) is 5.69 Å². The first-order valence-electron chi connectivity index (χ1n) is 5.76. The number of nitrogens with two attached hydrogens (primary N) is 1. The summed E-state index contributed by atoms with van der Waals surface area (Å²) in [5, 5.41) is 0.722. The van der Waals surface area contributed by atoms with Gasteiger partial charge in [-0.1, -0.05) is 27.5 Å². The Balaban J connectivity index is 2.23. The highest BCUT2D eigenvalue weighted by atomic mass is 79.9. The van der Waals surface area contributed by atoms with Crippen molar-refractivity contribution in [3.05, 3.63) is 45.4 Å². The van der Waals surface area contributed by atoms with E-state index in [9.17, 15) is 0 Å². The van der Waals surface area contributed by atoms with Crippen molar-refractivity contribution in [1.29, 1.82) is 0 Å². The highest BCUT2D eigenvalue weighted by molar-refractivity contribution is 9.10. The van der Waals surface area contributed by atoms with E-state index in [-0.39, 0.29) is 0 Å². The fourth-order valence-electron chi connectivity index (χ4n) is 2.13. The average Bonchev–Trinajstić information content (AvgIpc) is 2.72. The fourth-order valence-corrected chi connectivity index (χ4v) is 2.83. The standard InChI is InChI=1S/C14H11BrClN3/c1-7-4-9(16)2-3-10(7)14-18-12-6-8(15)5-11(17)13(12)19-14/h2-6H,17H2,1H3,(H,18,19). The summed E-state index contributed by atoms with van der Waals surface area (Å²) in [5.41, 5.74) is 10.4. The minimum atomic E-state index is 0.651. The molecule has 0 aliphatic carbocycles. The van der Waals surface area contributed by atoms with E-state index < -0.39 is 0 Å². The number of benzene rings is 2. The third kappa shape index (κ3) is 2.22. The van der Waals surface area contributed by atoms with Gasteiger partial charge in [-0.15, -0.1) is 0 Å². The van der Waals surface area contributed by atoms with Crippen LogP contribution in [0.25, 0.3) is 22.4 Å². The second kappa shape index (κ2) is 4.54. The largest absolute Gasteiger partial charge is 0.397 e. The van der Waals surface area contributed by atoms with E-state index in [1.54, 1.807) is 0 Å². The van der Waals surface area contributed by atoms with Gasteiger partial charge in [0.05, 0.1) is 11.2 Å². The molecule has 3 N–H and O–H groups in total. The monoisotopic (exact) mass is 335 g/mol. The van der Waals surface area contributed by atoms with Gasteiger partial charge in [0, 0.05) is 15.1 Å². The Labute approximate surface area is 123 Å². The molecule has 1 heterocycles. The van der Waals surface area contributed by atoms with Crippen molar-refractivity contribution in [3.63, 3.8) is 0 Å². The van der Waals surface area contributed by atoms with Gasteiger partial charge in [0.15, 0.2) is 0 Å². The number of aryl methyl sites for hydroxylation is 1. The molecule has 5 heteroatoms. The molecule has 1 aromatic heterocycles. The van der Waals surface area contributed by atoms with Crippen molar-refractivity contribution < 1.29 is 0 Å². The number of hydrogen-bond donors (Lipinski definition) is 2. The second-order valence-corrected chi connectivity index (χ2v) is 5.79. The molecule has 0 saturated heterocycles. The summed E-state index contributed by atoms with van der Waals surface area (Å²) in [7, 11) is 0. The Bertz CT molecular complexity index is 780. The summed E-state index contributed by atoms with van der Waals surface area (Å²) in [6, 6.07) is 9.55. The van der Waals surface area contributed by atoms with Gasteiger partial charge in [-0.3, -0.25) is 0 Å². The molecule has 0 unspecified atom stereocenters. The third-order valence-corrected chi connectivity index (χ3v) is 3.72. The topological polar surface area (TPSA) is 54.7 Å². The first-order valence-corrected chi connectivity index (χ1v) is 6.93. The Morgan fingerprint density at radius 1 is 1.26 bits per heavy atom. The van der Waals surface area contributed by atoms with E-state index in [1.165, 1.54) is 0 Å². The highest BCUT2D eigenvalue weighted by Gasteiger charge is 2.10. The Morgan fingerprint density at radius 2 is 2.05 bits per heavy atom. The molecule has 3 nitrogen and oxygen atoms in total. The van der Waals surface area contributed by atoms with Gasteiger partial charge in [-0.2, -0.15) is 0 Å². The van der Waals surface area contributed by atoms with Crippen LogP contribution in [0.1, 0.15) is 5.56 Å². The summed E-state index contributed by atoms with van der Waals surface area (Å²) >= 11 is 9.40. The van der Waals surface area contributed by atoms with E-state index >= 15 is 0 Å². The predicted molar refractivity (Wildman–Crippen MR) is 83.4 cm³/mol. The van der Waals surface area contributed by atoms with Crippen molar-refractivity contribution in [3.8, 4) is 11.4 Å². The van der Waals surface area contributed by atoms with Crippen LogP contribution in [0.15, 0.2) is 34.8 Å². The van der Waals surface area contributed by atoms with Crippen LogP contribution in [-0.4, -0.2) is 9.97 Å². The number of imidazole rings is 1. The first-order chi connectivity index (χ1) is 9.04. The zero-order valence-corrected chi connectivity index (χ0v) is 12.5. The van der Waals surface area contributed by atoms with Crippen LogP contribution < -0.4 is 5.73 Å². The summed E-state index contributed by atoms with van der Waals surface area (Å²) in [5.74, 6) is 0.800. The number of nitrogens with one attached hydrogen (secondary N) is 1. The zero-order chi connectivity index (χ0) is 13.6. The van der Waals surface area contributed by atoms with E-state index in [0.29, 0.717) is 5.69 Å². The molecule has 0 atom stereocenters. The molecular formula is C14H11BrClN3. The number of rotatable bonds is 1. The van der Waals surface area contributed by atoms with Crippen LogP contribution in [-0.2, 0) is 0 Å². The normalized spacial score (nSPS) is 11.1. The molecule has 0 amide bonds. The van der Waals surface area contributed by atoms with Gasteiger partial charge >= 0.3 is 0 Å². The van der Waals surface area contributed by atoms with Crippen molar-refractivity contribution in [1.82, 2.24) is 9.97 Å². The third-order valence-electron chi connectivity index (χ3n) is 3.02. The van der Waals surface area contributed by atoms with Crippen molar-refractivity contribution >= 4 is 44.3 Å². The van der Waals surface area contributed by atoms with Gasteiger partial charge in [-0.25, -0.2) is 4.98 Å². The lowest BCUT2D eigenvalue weighted by molar-refractivity contribution is 1.31. The first kappa shape index (κ1) is 12.5. The van der Waals surface area contributed by atoms with Gasteiger partial charge in [0.25, 0.3) is 0 Å². The maximum absolute atomic E-state index is 5.98. The maximum atomic E-state index is 5.98. The summed E-state index contributed by atoms with van der Waals surface area (Å²) < 4.78 is 0.931. The van der Waals surface area contributed by atoms with Crippen LogP contribution in [0, 0.1) is 6.92 Å². The molecule has 0 spiro atoms. The fraction of sp³-hybridized carbons (Fsp3) is 0.0714. The number of aromatic nitrogens is 2. The molecule has 0 fully saturated rings. The Morgan fingerprint density at radius 3 is 2.79 bits per heavy atom. The number of aromatic amines is 1. The summed E-state index contributed by atoms with van der Waals surface area (Å²) in [4.78, 5) is 7.86. The van der Waals surface area contributed by atoms with Crippen molar-refractivity contribution in [2.45, 2.75) is 6.92 Å². The number of nitrogens with zero attached hydrogens (tertiary/aromatic N) is 1. The van der Waals surface area contributed by atoms with E-state index in [2.05, 4.69) is 25.9 Å². The van der Waals surface area contributed by atoms with Crippen LogP contribution in [0.2, 0.25) is 5.02 Å². The highest BCUT2D eigenvalue weighted by Crippen LogP contribution is 2.29. The van der Waals surface area contributed by atoms with Crippen molar-refractivity contribution in [2.75, 3.05) is 5.73 Å². The molecule has 0 bridgehead atoms. The average molecular weight is 337 g/mol. The molecule has 2 aromatic carbocycles. The molecule has 3 aromatic rings. The quantitative estimate of drug-likeness (QED) is 0.641. The number of nitrogen functional groups attached to an aromatic ring is 1. The minimum absolute atomic E-state index is 0.651. The van der Waals surface area contributed by atoms with Gasteiger partial charge < -0.3 is 10.7 Å². The van der Waals surface area contributed by atoms with E-state index in [0.717, 1.165) is 37.5 Å². The maximum Gasteiger partial charge on any atom is 0.138 e. The SMILES string of the molecule is Cc1cc(Cl)ccc1-c1nc2c(N)cc(Br)cc2[nH]1. The molecule has 96 valence electrons. The lowest BCUT2D eigenvalue weighted by Crippen LogP contribution is -1.87. The van der Waals surface area contributed by atoms with Crippen LogP contribution in [0.3, 0.4) is 0 Å². The van der Waals surface area contributed by atoms with Gasteiger partial charge in [-0.05, 0) is 42.8 Å². The molecular weight excluding hydrogens is 326 g/mol. The number of hydrogen-bond acceptors (Lipinski definition) is 2.